The second-order valence-electron chi connectivity index (χ2n) is 5.90. The normalized spacial score (nSPS) is 16.8. The summed E-state index contributed by atoms with van der Waals surface area (Å²) >= 11 is 0. The van der Waals surface area contributed by atoms with Crippen molar-refractivity contribution in [2.24, 2.45) is 13.0 Å². The molecular formula is C17H24N2O. The molecule has 0 bridgehead atoms. The van der Waals surface area contributed by atoms with Crippen molar-refractivity contribution in [1.29, 1.82) is 0 Å². The fourth-order valence-electron chi connectivity index (χ4n) is 3.39. The van der Waals surface area contributed by atoms with Crippen LogP contribution < -0.4 is 10.1 Å². The fraction of sp³-hybridized carbons (Fsp3) is 0.529. The number of fused-ring (bicyclic) bond motifs is 1. The Labute approximate surface area is 120 Å². The molecule has 0 atom stereocenters. The molecule has 1 aromatic carbocycles. The van der Waals surface area contributed by atoms with Gasteiger partial charge in [0.05, 0.1) is 7.11 Å². The van der Waals surface area contributed by atoms with E-state index in [1.807, 2.05) is 0 Å². The predicted octanol–water partition coefficient (Wildman–Crippen LogP) is 3.04. The number of nitrogens with zero attached hydrogens (tertiary/aromatic N) is 1. The molecule has 1 aliphatic heterocycles. The summed E-state index contributed by atoms with van der Waals surface area (Å²) in [5, 5.41) is 4.81. The lowest BCUT2D eigenvalue weighted by Crippen LogP contribution is -2.28. The van der Waals surface area contributed by atoms with Gasteiger partial charge in [0.15, 0.2) is 0 Å². The molecule has 0 unspecified atom stereocenters. The van der Waals surface area contributed by atoms with Crippen LogP contribution in [0.4, 0.5) is 0 Å². The van der Waals surface area contributed by atoms with Gasteiger partial charge < -0.3 is 14.6 Å². The van der Waals surface area contributed by atoms with Crippen LogP contribution in [0.5, 0.6) is 5.75 Å². The molecule has 2 heterocycles. The van der Waals surface area contributed by atoms with Crippen molar-refractivity contribution in [3.8, 4) is 5.75 Å². The van der Waals surface area contributed by atoms with Gasteiger partial charge in [-0.3, -0.25) is 0 Å². The largest absolute Gasteiger partial charge is 0.497 e. The van der Waals surface area contributed by atoms with E-state index in [4.69, 9.17) is 4.74 Å². The van der Waals surface area contributed by atoms with Crippen molar-refractivity contribution in [2.45, 2.75) is 26.2 Å². The van der Waals surface area contributed by atoms with Crippen molar-refractivity contribution in [2.75, 3.05) is 20.2 Å². The Morgan fingerprint density at radius 1 is 1.30 bits per heavy atom. The molecule has 1 saturated heterocycles. The average molecular weight is 272 g/mol. The maximum Gasteiger partial charge on any atom is 0.119 e. The standard InChI is InChI=1S/C17H24N2O/c1-12-15(10-13-6-8-18-9-7-13)16-11-14(20-3)4-5-17(16)19(12)2/h4-5,11,13,18H,6-10H2,1-3H3. The molecule has 3 rings (SSSR count). The molecule has 0 amide bonds. The Hall–Kier alpha value is -1.48. The highest BCUT2D eigenvalue weighted by Gasteiger charge is 2.19. The first-order valence-electron chi connectivity index (χ1n) is 7.53. The molecule has 0 spiro atoms. The number of rotatable bonds is 3. The lowest BCUT2D eigenvalue weighted by Gasteiger charge is -2.22. The molecule has 1 aliphatic rings. The third-order valence-corrected chi connectivity index (χ3v) is 4.78. The molecule has 2 aromatic rings. The first-order valence-corrected chi connectivity index (χ1v) is 7.53. The van der Waals surface area contributed by atoms with E-state index in [9.17, 15) is 0 Å². The summed E-state index contributed by atoms with van der Waals surface area (Å²) in [6, 6.07) is 6.42. The van der Waals surface area contributed by atoms with Crippen molar-refractivity contribution in [3.05, 3.63) is 29.5 Å². The Balaban J connectivity index is 2.01. The van der Waals surface area contributed by atoms with Crippen LogP contribution in [0.15, 0.2) is 18.2 Å². The number of methoxy groups -OCH3 is 1. The van der Waals surface area contributed by atoms with Crippen LogP contribution in [0.25, 0.3) is 10.9 Å². The van der Waals surface area contributed by atoms with Crippen LogP contribution >= 0.6 is 0 Å². The van der Waals surface area contributed by atoms with Gasteiger partial charge in [-0.05, 0) is 69.0 Å². The number of hydrogen-bond acceptors (Lipinski definition) is 2. The maximum absolute atomic E-state index is 5.40. The van der Waals surface area contributed by atoms with Gasteiger partial charge in [0, 0.05) is 23.6 Å². The molecule has 0 radical (unpaired) electrons. The van der Waals surface area contributed by atoms with Gasteiger partial charge in [0.25, 0.3) is 0 Å². The van der Waals surface area contributed by atoms with Gasteiger partial charge in [0.2, 0.25) is 0 Å². The van der Waals surface area contributed by atoms with Gasteiger partial charge in [-0.25, -0.2) is 0 Å². The minimum absolute atomic E-state index is 0.812. The second-order valence-corrected chi connectivity index (χ2v) is 5.90. The first-order chi connectivity index (χ1) is 9.70. The summed E-state index contributed by atoms with van der Waals surface area (Å²) < 4.78 is 7.71. The zero-order chi connectivity index (χ0) is 14.1. The Morgan fingerprint density at radius 3 is 2.75 bits per heavy atom. The Bertz CT molecular complexity index is 609. The van der Waals surface area contributed by atoms with E-state index in [2.05, 4.69) is 42.1 Å². The quantitative estimate of drug-likeness (QED) is 0.929. The predicted molar refractivity (Wildman–Crippen MR) is 83.5 cm³/mol. The topological polar surface area (TPSA) is 26.2 Å². The van der Waals surface area contributed by atoms with Gasteiger partial charge in [-0.1, -0.05) is 0 Å². The average Bonchev–Trinajstić information content (AvgIpc) is 2.73. The second kappa shape index (κ2) is 5.49. The molecular weight excluding hydrogens is 248 g/mol. The van der Waals surface area contributed by atoms with E-state index in [1.54, 1.807) is 7.11 Å². The van der Waals surface area contributed by atoms with Crippen LogP contribution in [0.1, 0.15) is 24.1 Å². The SMILES string of the molecule is COc1ccc2c(c1)c(CC1CCNCC1)c(C)n2C. The van der Waals surface area contributed by atoms with Crippen LogP contribution in [-0.4, -0.2) is 24.8 Å². The van der Waals surface area contributed by atoms with E-state index in [-0.39, 0.29) is 0 Å². The number of hydrogen-bond donors (Lipinski definition) is 1. The van der Waals surface area contributed by atoms with Crippen molar-refractivity contribution in [3.63, 3.8) is 0 Å². The zero-order valence-corrected chi connectivity index (χ0v) is 12.7. The van der Waals surface area contributed by atoms with Crippen LogP contribution in [0.3, 0.4) is 0 Å². The highest BCUT2D eigenvalue weighted by Crippen LogP contribution is 2.31. The molecule has 0 saturated carbocycles. The fourth-order valence-corrected chi connectivity index (χ4v) is 3.39. The van der Waals surface area contributed by atoms with E-state index in [1.165, 1.54) is 41.4 Å². The van der Waals surface area contributed by atoms with Crippen molar-refractivity contribution >= 4 is 10.9 Å². The number of aryl methyl sites for hydroxylation is 1. The minimum Gasteiger partial charge on any atom is -0.497 e. The number of ether oxygens (including phenoxy) is 1. The molecule has 1 N–H and O–H groups in total. The lowest BCUT2D eigenvalue weighted by atomic mass is 9.90. The summed E-state index contributed by atoms with van der Waals surface area (Å²) in [7, 11) is 3.90. The molecule has 20 heavy (non-hydrogen) atoms. The van der Waals surface area contributed by atoms with Crippen molar-refractivity contribution in [1.82, 2.24) is 9.88 Å². The minimum atomic E-state index is 0.812. The summed E-state index contributed by atoms with van der Waals surface area (Å²) in [6.07, 6.45) is 3.78. The Morgan fingerprint density at radius 2 is 2.05 bits per heavy atom. The molecule has 108 valence electrons. The highest BCUT2D eigenvalue weighted by molar-refractivity contribution is 5.86. The third-order valence-electron chi connectivity index (χ3n) is 4.78. The van der Waals surface area contributed by atoms with Crippen LogP contribution in [0.2, 0.25) is 0 Å². The highest BCUT2D eigenvalue weighted by atomic mass is 16.5. The summed E-state index contributed by atoms with van der Waals surface area (Å²) in [6.45, 7) is 4.57. The van der Waals surface area contributed by atoms with E-state index in [0.29, 0.717) is 0 Å². The van der Waals surface area contributed by atoms with Gasteiger partial charge in [0.1, 0.15) is 5.75 Å². The first kappa shape index (κ1) is 13.5. The third kappa shape index (κ3) is 2.31. The maximum atomic E-state index is 5.40. The summed E-state index contributed by atoms with van der Waals surface area (Å²) in [5.74, 6) is 1.77. The number of aromatic nitrogens is 1. The van der Waals surface area contributed by atoms with Crippen LogP contribution in [-0.2, 0) is 13.5 Å². The van der Waals surface area contributed by atoms with Crippen LogP contribution in [0, 0.1) is 12.8 Å². The summed E-state index contributed by atoms with van der Waals surface area (Å²) in [4.78, 5) is 0. The molecule has 0 aliphatic carbocycles. The van der Waals surface area contributed by atoms with Gasteiger partial charge in [-0.15, -0.1) is 0 Å². The Kier molecular flexibility index (Phi) is 3.70. The number of piperidine rings is 1. The lowest BCUT2D eigenvalue weighted by molar-refractivity contribution is 0.372. The van der Waals surface area contributed by atoms with Crippen molar-refractivity contribution < 1.29 is 4.74 Å². The van der Waals surface area contributed by atoms with E-state index >= 15 is 0 Å². The molecule has 3 heteroatoms. The van der Waals surface area contributed by atoms with E-state index in [0.717, 1.165) is 24.8 Å². The molecule has 3 nitrogen and oxygen atoms in total. The van der Waals surface area contributed by atoms with Gasteiger partial charge >= 0.3 is 0 Å². The monoisotopic (exact) mass is 272 g/mol. The smallest absolute Gasteiger partial charge is 0.119 e. The number of benzene rings is 1. The molecule has 1 fully saturated rings. The van der Waals surface area contributed by atoms with E-state index < -0.39 is 0 Å². The zero-order valence-electron chi connectivity index (χ0n) is 12.7. The number of nitrogens with one attached hydrogen (secondary N) is 1. The summed E-state index contributed by atoms with van der Waals surface area (Å²) in [5.41, 5.74) is 4.22. The molecule has 1 aromatic heterocycles. The van der Waals surface area contributed by atoms with Gasteiger partial charge in [-0.2, -0.15) is 0 Å².